The van der Waals surface area contributed by atoms with Gasteiger partial charge in [-0.1, -0.05) is 0 Å². The number of halogens is 2. The van der Waals surface area contributed by atoms with E-state index in [0.29, 0.717) is 12.5 Å². The molecule has 0 aromatic heterocycles. The van der Waals surface area contributed by atoms with Gasteiger partial charge in [-0.3, -0.25) is 9.35 Å². The van der Waals surface area contributed by atoms with Crippen molar-refractivity contribution in [2.24, 2.45) is 0 Å². The van der Waals surface area contributed by atoms with Crippen LogP contribution in [0.3, 0.4) is 0 Å². The highest BCUT2D eigenvalue weighted by Crippen LogP contribution is 2.20. The number of hydrogen-bond donors (Lipinski definition) is 2. The summed E-state index contributed by atoms with van der Waals surface area (Å²) < 4.78 is 59.5. The summed E-state index contributed by atoms with van der Waals surface area (Å²) in [5, 5.41) is -3.05. The van der Waals surface area contributed by atoms with Crippen molar-refractivity contribution in [1.82, 2.24) is 5.32 Å². The van der Waals surface area contributed by atoms with Crippen LogP contribution in [-0.4, -0.2) is 46.1 Å². The zero-order chi connectivity index (χ0) is 14.6. The van der Waals surface area contributed by atoms with Crippen molar-refractivity contribution in [1.29, 1.82) is 0 Å². The van der Waals surface area contributed by atoms with E-state index in [1.54, 1.807) is 12.4 Å². The monoisotopic (exact) mass is 305 g/mol. The van der Waals surface area contributed by atoms with Crippen LogP contribution in [0, 0.1) is 0 Å². The standard InChI is InChI=1S/C8H17F2NO5SSi/c1-16-18(2,3)6-4-5-11-7(12)8(9,10)17(13,14)15/h4-6H2,1-3H3,(H,11,12)(H,13,14,15). The highest BCUT2D eigenvalue weighted by Gasteiger charge is 2.52. The van der Waals surface area contributed by atoms with Gasteiger partial charge in [-0.2, -0.15) is 17.2 Å². The smallest absolute Gasteiger partial charge is 0.420 e. The zero-order valence-corrected chi connectivity index (χ0v) is 12.2. The molecule has 0 unspecified atom stereocenters. The molecule has 0 aliphatic rings. The van der Waals surface area contributed by atoms with Crippen molar-refractivity contribution in [3.05, 3.63) is 0 Å². The van der Waals surface area contributed by atoms with E-state index in [2.05, 4.69) is 0 Å². The van der Waals surface area contributed by atoms with E-state index in [0.717, 1.165) is 0 Å². The number of alkyl halides is 2. The maximum absolute atomic E-state index is 12.8. The molecule has 0 fully saturated rings. The van der Waals surface area contributed by atoms with E-state index in [-0.39, 0.29) is 6.54 Å². The quantitative estimate of drug-likeness (QED) is 0.413. The van der Waals surface area contributed by atoms with Gasteiger partial charge in [-0.25, -0.2) is 0 Å². The number of rotatable bonds is 7. The summed E-state index contributed by atoms with van der Waals surface area (Å²) in [6.07, 6.45) is 0.389. The van der Waals surface area contributed by atoms with Crippen LogP contribution in [0.5, 0.6) is 0 Å². The number of hydrogen-bond acceptors (Lipinski definition) is 4. The number of amides is 1. The summed E-state index contributed by atoms with van der Waals surface area (Å²) in [7, 11) is -6.02. The normalized spacial score (nSPS) is 13.4. The lowest BCUT2D eigenvalue weighted by atomic mass is 10.4. The summed E-state index contributed by atoms with van der Waals surface area (Å²) in [6.45, 7) is 3.73. The molecule has 108 valence electrons. The van der Waals surface area contributed by atoms with Gasteiger partial charge in [0.05, 0.1) is 0 Å². The van der Waals surface area contributed by atoms with E-state index in [1.807, 2.05) is 13.1 Å². The van der Waals surface area contributed by atoms with Crippen LogP contribution in [0.15, 0.2) is 0 Å². The summed E-state index contributed by atoms with van der Waals surface area (Å²) in [4.78, 5) is 10.9. The minimum atomic E-state index is -5.73. The highest BCUT2D eigenvalue weighted by molar-refractivity contribution is 7.87. The molecule has 0 aliphatic carbocycles. The van der Waals surface area contributed by atoms with Gasteiger partial charge in [-0.05, 0) is 25.6 Å². The Balaban J connectivity index is 4.22. The Bertz CT molecular complexity index is 398. The summed E-state index contributed by atoms with van der Waals surface area (Å²) in [6, 6.07) is 0.626. The fraction of sp³-hybridized carbons (Fsp3) is 0.875. The molecular weight excluding hydrogens is 288 g/mol. The fourth-order valence-corrected chi connectivity index (χ4v) is 2.58. The molecule has 0 radical (unpaired) electrons. The third-order valence-corrected chi connectivity index (χ3v) is 5.88. The van der Waals surface area contributed by atoms with E-state index in [1.165, 1.54) is 0 Å². The van der Waals surface area contributed by atoms with Crippen molar-refractivity contribution in [3.63, 3.8) is 0 Å². The number of carbonyl (C=O) groups excluding carboxylic acids is 1. The Kier molecular flexibility index (Phi) is 5.84. The summed E-state index contributed by atoms with van der Waals surface area (Å²) >= 11 is 0. The molecule has 18 heavy (non-hydrogen) atoms. The first-order valence-corrected chi connectivity index (χ1v) is 9.68. The Labute approximate surface area is 106 Å². The molecule has 0 aromatic carbocycles. The molecular formula is C8H17F2NO5SSi. The third-order valence-electron chi connectivity index (χ3n) is 2.38. The van der Waals surface area contributed by atoms with Crippen molar-refractivity contribution < 1.29 is 31.0 Å². The second kappa shape index (κ2) is 6.04. The summed E-state index contributed by atoms with van der Waals surface area (Å²) in [5.41, 5.74) is 0. The fourth-order valence-electron chi connectivity index (χ4n) is 1.04. The molecule has 0 aromatic rings. The average Bonchev–Trinajstić information content (AvgIpc) is 2.22. The van der Waals surface area contributed by atoms with Crippen LogP contribution < -0.4 is 5.32 Å². The lowest BCUT2D eigenvalue weighted by Crippen LogP contribution is -2.46. The van der Waals surface area contributed by atoms with Crippen LogP contribution in [0.1, 0.15) is 6.42 Å². The Morgan fingerprint density at radius 2 is 1.94 bits per heavy atom. The molecule has 6 nitrogen and oxygen atoms in total. The van der Waals surface area contributed by atoms with Crippen molar-refractivity contribution in [2.75, 3.05) is 13.7 Å². The Hall–Kier alpha value is -0.583. The Morgan fingerprint density at radius 1 is 1.44 bits per heavy atom. The van der Waals surface area contributed by atoms with Gasteiger partial charge >= 0.3 is 21.3 Å². The van der Waals surface area contributed by atoms with Crippen LogP contribution >= 0.6 is 0 Å². The molecule has 0 heterocycles. The van der Waals surface area contributed by atoms with E-state index in [4.69, 9.17) is 8.98 Å². The molecule has 2 N–H and O–H groups in total. The molecule has 0 bridgehead atoms. The van der Waals surface area contributed by atoms with Crippen molar-refractivity contribution in [3.8, 4) is 0 Å². The van der Waals surface area contributed by atoms with E-state index in [9.17, 15) is 22.0 Å². The lowest BCUT2D eigenvalue weighted by molar-refractivity contribution is -0.136. The van der Waals surface area contributed by atoms with Crippen LogP contribution in [-0.2, 0) is 19.3 Å². The van der Waals surface area contributed by atoms with E-state index >= 15 is 0 Å². The van der Waals surface area contributed by atoms with Gasteiger partial charge in [0.2, 0.25) is 0 Å². The lowest BCUT2D eigenvalue weighted by Gasteiger charge is -2.20. The minimum Gasteiger partial charge on any atom is -0.420 e. The van der Waals surface area contributed by atoms with Crippen molar-refractivity contribution in [2.45, 2.75) is 30.8 Å². The maximum Gasteiger partial charge on any atom is 0.446 e. The number of carbonyl (C=O) groups is 1. The van der Waals surface area contributed by atoms with Crippen LogP contribution in [0.4, 0.5) is 8.78 Å². The largest absolute Gasteiger partial charge is 0.446 e. The predicted octanol–water partition coefficient (Wildman–Crippen LogP) is 0.825. The van der Waals surface area contributed by atoms with E-state index < -0.39 is 29.6 Å². The summed E-state index contributed by atoms with van der Waals surface area (Å²) in [5.74, 6) is -2.03. The Morgan fingerprint density at radius 3 is 2.33 bits per heavy atom. The maximum atomic E-state index is 12.8. The second-order valence-electron chi connectivity index (χ2n) is 4.32. The molecule has 10 heteroatoms. The average molecular weight is 305 g/mol. The highest BCUT2D eigenvalue weighted by atomic mass is 32.2. The molecule has 0 spiro atoms. The van der Waals surface area contributed by atoms with Gasteiger partial charge in [-0.15, -0.1) is 0 Å². The molecule has 0 saturated heterocycles. The first kappa shape index (κ1) is 17.4. The first-order chi connectivity index (χ1) is 7.94. The second-order valence-corrected chi connectivity index (χ2v) is 10.2. The van der Waals surface area contributed by atoms with Gasteiger partial charge in [0.15, 0.2) is 8.32 Å². The first-order valence-electron chi connectivity index (χ1n) is 5.12. The topological polar surface area (TPSA) is 92.7 Å². The molecule has 0 saturated carbocycles. The van der Waals surface area contributed by atoms with Crippen molar-refractivity contribution >= 4 is 24.3 Å². The van der Waals surface area contributed by atoms with Crippen LogP contribution in [0.25, 0.3) is 0 Å². The SMILES string of the molecule is CO[Si](C)(C)CCCNC(=O)C(F)(F)S(=O)(=O)O. The predicted molar refractivity (Wildman–Crippen MR) is 63.4 cm³/mol. The third kappa shape index (κ3) is 4.96. The van der Waals surface area contributed by atoms with Gasteiger partial charge < -0.3 is 9.74 Å². The molecule has 1 amide bonds. The van der Waals surface area contributed by atoms with Gasteiger partial charge in [0.1, 0.15) is 0 Å². The van der Waals surface area contributed by atoms with Crippen LogP contribution in [0.2, 0.25) is 19.1 Å². The number of nitrogens with one attached hydrogen (secondary N) is 1. The van der Waals surface area contributed by atoms with Gasteiger partial charge in [0, 0.05) is 13.7 Å². The minimum absolute atomic E-state index is 0.107. The molecule has 0 atom stereocenters. The zero-order valence-electron chi connectivity index (χ0n) is 10.4. The molecule has 0 aliphatic heterocycles. The molecule has 0 rings (SSSR count). The van der Waals surface area contributed by atoms with Gasteiger partial charge in [0.25, 0.3) is 0 Å².